The second-order valence-corrected chi connectivity index (χ2v) is 9.64. The molecule has 3 aromatic rings. The van der Waals surface area contributed by atoms with Crippen molar-refractivity contribution in [1.82, 2.24) is 24.6 Å². The van der Waals surface area contributed by atoms with Gasteiger partial charge in [-0.2, -0.15) is 10.2 Å². The molecule has 3 aromatic heterocycles. The monoisotopic (exact) mass is 502 g/mol. The van der Waals surface area contributed by atoms with Crippen LogP contribution in [-0.2, 0) is 16.6 Å². The lowest BCUT2D eigenvalue weighted by Gasteiger charge is -2.37. The summed E-state index contributed by atoms with van der Waals surface area (Å²) >= 11 is 0. The van der Waals surface area contributed by atoms with E-state index in [9.17, 15) is 4.79 Å². The normalized spacial score (nSPS) is 17.7. The highest BCUT2D eigenvalue weighted by Crippen LogP contribution is 2.37. The molecular weight excluding hydrogens is 472 g/mol. The van der Waals surface area contributed by atoms with Crippen molar-refractivity contribution >= 4 is 28.8 Å². The number of hydrogen-bond acceptors (Lipinski definition) is 9. The fraction of sp³-hybridized carbons (Fsp3) is 0.360. The molecule has 1 amide bonds. The number of aromatic nitrogens is 4. The Morgan fingerprint density at radius 2 is 2.05 bits per heavy atom. The molecule has 0 unspecified atom stereocenters. The van der Waals surface area contributed by atoms with Gasteiger partial charge < -0.3 is 21.6 Å². The lowest BCUT2D eigenvalue weighted by molar-refractivity contribution is -0.119. The van der Waals surface area contributed by atoms with Gasteiger partial charge in [0.1, 0.15) is 0 Å². The first-order valence-electron chi connectivity index (χ1n) is 12.0. The SMILES string of the molecule is Cc1ncc(NC(=O)CN2CCC3(COC3)C2)cc1N=C(N)/C(=N/N)c1ccc(-c2cnn(C)c2)cn1. The number of pyridine rings is 2. The number of aryl methyl sites for hydroxylation is 2. The van der Waals surface area contributed by atoms with Gasteiger partial charge in [-0.15, -0.1) is 0 Å². The largest absolute Gasteiger partial charge is 0.382 e. The van der Waals surface area contributed by atoms with E-state index in [2.05, 4.69) is 35.4 Å². The summed E-state index contributed by atoms with van der Waals surface area (Å²) in [6.07, 6.45) is 8.03. The first-order chi connectivity index (χ1) is 17.8. The standard InChI is InChI=1S/C25H30N10O2/c1-16-21(7-19(10-28-16)31-22(36)12-35-6-5-25(13-35)14-37-15-25)32-24(26)23(33-27)20-4-3-17(8-29-20)18-9-30-34(2)11-18/h3-4,7-11H,5-6,12-15,27H2,1-2H3,(H2,26,32)(H,31,36)/b33-23+. The minimum Gasteiger partial charge on any atom is -0.382 e. The smallest absolute Gasteiger partial charge is 0.238 e. The first kappa shape index (κ1) is 24.5. The highest BCUT2D eigenvalue weighted by molar-refractivity contribution is 6.46. The van der Waals surface area contributed by atoms with Crippen molar-refractivity contribution in [3.05, 3.63) is 54.4 Å². The zero-order chi connectivity index (χ0) is 26.0. The van der Waals surface area contributed by atoms with Crippen molar-refractivity contribution in [2.75, 3.05) is 38.2 Å². The Hall–Kier alpha value is -4.16. The molecule has 12 heteroatoms. The van der Waals surface area contributed by atoms with E-state index in [0.717, 1.165) is 43.9 Å². The predicted octanol–water partition coefficient (Wildman–Crippen LogP) is 1.20. The molecule has 2 aliphatic rings. The lowest BCUT2D eigenvalue weighted by Crippen LogP contribution is -2.45. The predicted molar refractivity (Wildman–Crippen MR) is 140 cm³/mol. The molecular formula is C25H30N10O2. The van der Waals surface area contributed by atoms with Crippen LogP contribution in [0.4, 0.5) is 11.4 Å². The maximum Gasteiger partial charge on any atom is 0.238 e. The van der Waals surface area contributed by atoms with Crippen molar-refractivity contribution in [2.45, 2.75) is 13.3 Å². The van der Waals surface area contributed by atoms with Gasteiger partial charge in [-0.3, -0.25) is 24.3 Å². The van der Waals surface area contributed by atoms with Crippen LogP contribution in [0.25, 0.3) is 11.1 Å². The molecule has 2 fully saturated rings. The van der Waals surface area contributed by atoms with E-state index in [-0.39, 0.29) is 22.9 Å². The van der Waals surface area contributed by atoms with Crippen molar-refractivity contribution in [3.8, 4) is 11.1 Å². The van der Waals surface area contributed by atoms with Gasteiger partial charge in [0.2, 0.25) is 5.91 Å². The molecule has 0 aliphatic carbocycles. The third-order valence-electron chi connectivity index (χ3n) is 6.70. The number of nitrogens with one attached hydrogen (secondary N) is 1. The van der Waals surface area contributed by atoms with Crippen molar-refractivity contribution in [3.63, 3.8) is 0 Å². The van der Waals surface area contributed by atoms with Gasteiger partial charge in [-0.05, 0) is 32.0 Å². The van der Waals surface area contributed by atoms with Crippen LogP contribution in [0.2, 0.25) is 0 Å². The average Bonchev–Trinajstić information content (AvgIpc) is 3.49. The van der Waals surface area contributed by atoms with E-state index in [1.54, 1.807) is 35.4 Å². The second-order valence-electron chi connectivity index (χ2n) is 9.64. The number of anilines is 1. The van der Waals surface area contributed by atoms with E-state index in [4.69, 9.17) is 16.3 Å². The van der Waals surface area contributed by atoms with Crippen LogP contribution in [-0.4, -0.2) is 75.0 Å². The fourth-order valence-electron chi connectivity index (χ4n) is 4.62. The quantitative estimate of drug-likeness (QED) is 0.188. The van der Waals surface area contributed by atoms with E-state index >= 15 is 0 Å². The number of rotatable bonds is 7. The van der Waals surface area contributed by atoms with Crippen LogP contribution in [0.3, 0.4) is 0 Å². The molecule has 5 N–H and O–H groups in total. The van der Waals surface area contributed by atoms with Gasteiger partial charge in [0.05, 0.1) is 54.9 Å². The molecule has 5 rings (SSSR count). The molecule has 0 saturated carbocycles. The van der Waals surface area contributed by atoms with Crippen LogP contribution in [0.15, 0.2) is 53.1 Å². The third kappa shape index (κ3) is 5.34. The third-order valence-corrected chi connectivity index (χ3v) is 6.70. The summed E-state index contributed by atoms with van der Waals surface area (Å²) in [4.78, 5) is 28.1. The molecule has 0 atom stereocenters. The molecule has 37 heavy (non-hydrogen) atoms. The summed E-state index contributed by atoms with van der Waals surface area (Å²) in [7, 11) is 1.85. The topological polar surface area (TPSA) is 162 Å². The van der Waals surface area contributed by atoms with Gasteiger partial charge in [-0.25, -0.2) is 4.99 Å². The van der Waals surface area contributed by atoms with Crippen molar-refractivity contribution < 1.29 is 9.53 Å². The molecule has 1 spiro atoms. The average molecular weight is 503 g/mol. The maximum absolute atomic E-state index is 12.7. The summed E-state index contributed by atoms with van der Waals surface area (Å²) in [5, 5.41) is 10.9. The van der Waals surface area contributed by atoms with Gasteiger partial charge in [0.15, 0.2) is 11.5 Å². The minimum absolute atomic E-state index is 0.0857. The number of nitrogens with two attached hydrogens (primary N) is 2. The van der Waals surface area contributed by atoms with Gasteiger partial charge in [0, 0.05) is 42.5 Å². The Morgan fingerprint density at radius 1 is 1.22 bits per heavy atom. The van der Waals surface area contributed by atoms with Gasteiger partial charge in [0.25, 0.3) is 0 Å². The molecule has 2 saturated heterocycles. The van der Waals surface area contributed by atoms with Crippen LogP contribution < -0.4 is 16.9 Å². The lowest BCUT2D eigenvalue weighted by atomic mass is 9.85. The number of nitrogens with zero attached hydrogens (tertiary/aromatic N) is 7. The fourth-order valence-corrected chi connectivity index (χ4v) is 4.62. The number of likely N-dealkylation sites (tertiary alicyclic amines) is 1. The summed E-state index contributed by atoms with van der Waals surface area (Å²) in [6, 6.07) is 5.39. The van der Waals surface area contributed by atoms with Gasteiger partial charge in [-0.1, -0.05) is 6.07 Å². The van der Waals surface area contributed by atoms with Crippen LogP contribution in [0.1, 0.15) is 17.8 Å². The number of aliphatic imine (C=N–C) groups is 1. The van der Waals surface area contributed by atoms with E-state index in [1.807, 2.05) is 26.2 Å². The van der Waals surface area contributed by atoms with E-state index < -0.39 is 0 Å². The molecule has 2 aliphatic heterocycles. The first-order valence-corrected chi connectivity index (χ1v) is 12.0. The Balaban J connectivity index is 1.27. The minimum atomic E-state index is -0.104. The molecule has 0 bridgehead atoms. The summed E-state index contributed by atoms with van der Waals surface area (Å²) in [5.41, 5.74) is 10.7. The number of hydrazone groups is 1. The molecule has 0 radical (unpaired) electrons. The molecule has 192 valence electrons. The molecule has 12 nitrogen and oxygen atoms in total. The summed E-state index contributed by atoms with van der Waals surface area (Å²) in [6.45, 7) is 5.48. The van der Waals surface area contributed by atoms with Crippen LogP contribution >= 0.6 is 0 Å². The maximum atomic E-state index is 12.7. The Morgan fingerprint density at radius 3 is 2.68 bits per heavy atom. The molecule has 5 heterocycles. The van der Waals surface area contributed by atoms with E-state index in [0.29, 0.717) is 29.3 Å². The number of carbonyl (C=O) groups excluding carboxylic acids is 1. The number of carbonyl (C=O) groups is 1. The zero-order valence-corrected chi connectivity index (χ0v) is 20.9. The molecule has 0 aromatic carbocycles. The Kier molecular flexibility index (Phi) is 6.68. The number of amides is 1. The summed E-state index contributed by atoms with van der Waals surface area (Å²) < 4.78 is 7.08. The Labute approximate surface area is 214 Å². The number of hydrogen-bond donors (Lipinski definition) is 3. The van der Waals surface area contributed by atoms with E-state index in [1.165, 1.54) is 0 Å². The highest BCUT2D eigenvalue weighted by Gasteiger charge is 2.44. The Bertz CT molecular complexity index is 1360. The number of ether oxygens (including phenoxy) is 1. The van der Waals surface area contributed by atoms with Crippen LogP contribution in [0, 0.1) is 12.3 Å². The van der Waals surface area contributed by atoms with Gasteiger partial charge >= 0.3 is 0 Å². The van der Waals surface area contributed by atoms with Crippen molar-refractivity contribution in [2.24, 2.45) is 34.1 Å². The zero-order valence-electron chi connectivity index (χ0n) is 20.9. The number of amidine groups is 1. The van der Waals surface area contributed by atoms with Crippen molar-refractivity contribution in [1.29, 1.82) is 0 Å². The van der Waals surface area contributed by atoms with Crippen LogP contribution in [0.5, 0.6) is 0 Å². The second kappa shape index (κ2) is 10.1. The highest BCUT2D eigenvalue weighted by atomic mass is 16.5. The summed E-state index contributed by atoms with van der Waals surface area (Å²) in [5.74, 6) is 5.63.